The maximum atomic E-state index is 8.51. The number of benzene rings is 1. The van der Waals surface area contributed by atoms with Gasteiger partial charge in [0.1, 0.15) is 0 Å². The highest BCUT2D eigenvalue weighted by Gasteiger charge is 2.05. The minimum Gasteiger partial charge on any atom is -0.295 e. The Balaban J connectivity index is 2.22. The molecule has 0 fully saturated rings. The summed E-state index contributed by atoms with van der Waals surface area (Å²) >= 11 is 7.52. The van der Waals surface area contributed by atoms with Gasteiger partial charge in [0, 0.05) is 35.3 Å². The first-order valence-corrected chi connectivity index (χ1v) is 6.46. The second-order valence-electron chi connectivity index (χ2n) is 3.32. The third kappa shape index (κ3) is 3.02. The molecule has 3 nitrogen and oxygen atoms in total. The number of nitriles is 1. The zero-order chi connectivity index (χ0) is 12.1. The molecule has 0 aliphatic rings. The van der Waals surface area contributed by atoms with Crippen molar-refractivity contribution >= 4 is 23.4 Å². The zero-order valence-corrected chi connectivity index (χ0v) is 10.6. The second-order valence-corrected chi connectivity index (χ2v) is 4.81. The highest BCUT2D eigenvalue weighted by molar-refractivity contribution is 7.99. The van der Waals surface area contributed by atoms with Gasteiger partial charge in [0.25, 0.3) is 0 Å². The molecule has 2 rings (SSSR count). The summed E-state index contributed by atoms with van der Waals surface area (Å²) in [6.45, 7) is 0. The molecule has 0 unspecified atom stereocenters. The van der Waals surface area contributed by atoms with Gasteiger partial charge in [-0.25, -0.2) is 4.98 Å². The number of imidazole rings is 1. The zero-order valence-electron chi connectivity index (χ0n) is 9.01. The van der Waals surface area contributed by atoms with E-state index in [1.165, 1.54) is 0 Å². The van der Waals surface area contributed by atoms with Crippen molar-refractivity contribution in [3.8, 4) is 11.8 Å². The van der Waals surface area contributed by atoms with Crippen LogP contribution in [0.5, 0.6) is 0 Å². The highest BCUT2D eigenvalue weighted by atomic mass is 35.5. The van der Waals surface area contributed by atoms with Crippen LogP contribution >= 0.6 is 23.4 Å². The van der Waals surface area contributed by atoms with E-state index in [-0.39, 0.29) is 0 Å². The van der Waals surface area contributed by atoms with Crippen molar-refractivity contribution in [1.82, 2.24) is 9.55 Å². The lowest BCUT2D eigenvalue weighted by molar-refractivity contribution is 0.895. The second kappa shape index (κ2) is 5.76. The molecule has 0 amide bonds. The number of rotatable bonds is 4. The van der Waals surface area contributed by atoms with Gasteiger partial charge >= 0.3 is 0 Å². The maximum absolute atomic E-state index is 8.51. The first-order valence-electron chi connectivity index (χ1n) is 5.10. The number of hydrogen-bond donors (Lipinski definition) is 0. The van der Waals surface area contributed by atoms with E-state index >= 15 is 0 Å². The molecule has 86 valence electrons. The Morgan fingerprint density at radius 2 is 2.35 bits per heavy atom. The third-order valence-corrected chi connectivity index (χ3v) is 3.34. The molecule has 0 N–H and O–H groups in total. The summed E-state index contributed by atoms with van der Waals surface area (Å²) in [6, 6.07) is 9.72. The van der Waals surface area contributed by atoms with Crippen molar-refractivity contribution in [3.05, 3.63) is 41.7 Å². The van der Waals surface area contributed by atoms with Gasteiger partial charge in [-0.3, -0.25) is 4.57 Å². The van der Waals surface area contributed by atoms with E-state index in [4.69, 9.17) is 16.9 Å². The van der Waals surface area contributed by atoms with Crippen LogP contribution in [0.1, 0.15) is 6.42 Å². The monoisotopic (exact) mass is 263 g/mol. The van der Waals surface area contributed by atoms with Crippen molar-refractivity contribution in [2.24, 2.45) is 0 Å². The van der Waals surface area contributed by atoms with Gasteiger partial charge in [0.15, 0.2) is 5.16 Å². The molecule has 0 spiro atoms. The Morgan fingerprint density at radius 1 is 1.47 bits per heavy atom. The van der Waals surface area contributed by atoms with Gasteiger partial charge in [-0.2, -0.15) is 5.26 Å². The lowest BCUT2D eigenvalue weighted by Crippen LogP contribution is -1.95. The van der Waals surface area contributed by atoms with Crippen LogP contribution in [0.4, 0.5) is 0 Å². The number of halogens is 1. The minimum atomic E-state index is 0.521. The molecule has 1 aromatic carbocycles. The average Bonchev–Trinajstić information content (AvgIpc) is 2.78. The fourth-order valence-corrected chi connectivity index (χ4v) is 2.41. The highest BCUT2D eigenvalue weighted by Crippen LogP contribution is 2.22. The van der Waals surface area contributed by atoms with Gasteiger partial charge < -0.3 is 0 Å². The lowest BCUT2D eigenvalue weighted by Gasteiger charge is -2.06. The van der Waals surface area contributed by atoms with Crippen LogP contribution in [0.15, 0.2) is 41.8 Å². The fourth-order valence-electron chi connectivity index (χ4n) is 1.41. The Morgan fingerprint density at radius 3 is 3.12 bits per heavy atom. The van der Waals surface area contributed by atoms with Crippen molar-refractivity contribution < 1.29 is 0 Å². The van der Waals surface area contributed by atoms with Gasteiger partial charge in [0.05, 0.1) is 6.07 Å². The van der Waals surface area contributed by atoms with E-state index < -0.39 is 0 Å². The number of hydrogen-bond acceptors (Lipinski definition) is 3. The molecule has 1 heterocycles. The van der Waals surface area contributed by atoms with E-state index in [1.807, 2.05) is 35.0 Å². The van der Waals surface area contributed by atoms with Crippen LogP contribution in [0.2, 0.25) is 5.02 Å². The predicted octanol–water partition coefficient (Wildman–Crippen LogP) is 3.53. The van der Waals surface area contributed by atoms with Crippen molar-refractivity contribution in [3.63, 3.8) is 0 Å². The van der Waals surface area contributed by atoms with Crippen LogP contribution in [-0.2, 0) is 0 Å². The minimum absolute atomic E-state index is 0.521. The molecule has 0 atom stereocenters. The van der Waals surface area contributed by atoms with Crippen molar-refractivity contribution in [2.45, 2.75) is 11.6 Å². The Labute approximate surface area is 109 Å². The van der Waals surface area contributed by atoms with Gasteiger partial charge in [0.2, 0.25) is 0 Å². The third-order valence-electron chi connectivity index (χ3n) is 2.14. The SMILES string of the molecule is N#CCCSc1nccn1-c1cccc(Cl)c1. The largest absolute Gasteiger partial charge is 0.295 e. The molecule has 0 aliphatic heterocycles. The molecule has 2 aromatic rings. The van der Waals surface area contributed by atoms with Gasteiger partial charge in [-0.05, 0) is 18.2 Å². The van der Waals surface area contributed by atoms with Crippen LogP contribution in [0.3, 0.4) is 0 Å². The number of nitrogens with zero attached hydrogens (tertiary/aromatic N) is 3. The Kier molecular flexibility index (Phi) is 4.08. The van der Waals surface area contributed by atoms with Gasteiger partial charge in [-0.1, -0.05) is 29.4 Å². The summed E-state index contributed by atoms with van der Waals surface area (Å²) < 4.78 is 1.97. The summed E-state index contributed by atoms with van der Waals surface area (Å²) in [5.41, 5.74) is 0.981. The molecular weight excluding hydrogens is 254 g/mol. The summed E-state index contributed by atoms with van der Waals surface area (Å²) in [6.07, 6.45) is 4.16. The molecule has 0 bridgehead atoms. The van der Waals surface area contributed by atoms with Crippen LogP contribution in [0, 0.1) is 11.3 Å². The van der Waals surface area contributed by atoms with E-state index in [9.17, 15) is 0 Å². The van der Waals surface area contributed by atoms with Crippen molar-refractivity contribution in [2.75, 3.05) is 5.75 Å². The first kappa shape index (κ1) is 12.0. The Hall–Kier alpha value is -1.44. The maximum Gasteiger partial charge on any atom is 0.172 e. The summed E-state index contributed by atoms with van der Waals surface area (Å²) in [5, 5.41) is 10.1. The smallest absolute Gasteiger partial charge is 0.172 e. The topological polar surface area (TPSA) is 41.6 Å². The van der Waals surface area contributed by atoms with Crippen LogP contribution < -0.4 is 0 Å². The Bertz CT molecular complexity index is 545. The standard InChI is InChI=1S/C12H10ClN3S/c13-10-3-1-4-11(9-10)16-7-6-15-12(16)17-8-2-5-14/h1,3-4,6-7,9H,2,8H2. The van der Waals surface area contributed by atoms with Crippen LogP contribution in [-0.4, -0.2) is 15.3 Å². The normalized spacial score (nSPS) is 10.1. The van der Waals surface area contributed by atoms with E-state index in [2.05, 4.69) is 11.1 Å². The van der Waals surface area contributed by atoms with E-state index in [0.29, 0.717) is 11.4 Å². The summed E-state index contributed by atoms with van der Waals surface area (Å²) in [5.74, 6) is 0.744. The fraction of sp³-hybridized carbons (Fsp3) is 0.167. The summed E-state index contributed by atoms with van der Waals surface area (Å²) in [7, 11) is 0. The number of thioether (sulfide) groups is 1. The molecule has 0 saturated heterocycles. The molecule has 0 aliphatic carbocycles. The molecular formula is C12H10ClN3S. The summed E-state index contributed by atoms with van der Waals surface area (Å²) in [4.78, 5) is 4.27. The van der Waals surface area contributed by atoms with Crippen LogP contribution in [0.25, 0.3) is 5.69 Å². The molecule has 1 aromatic heterocycles. The quantitative estimate of drug-likeness (QED) is 0.626. The van der Waals surface area contributed by atoms with E-state index in [0.717, 1.165) is 16.6 Å². The average molecular weight is 264 g/mol. The number of aromatic nitrogens is 2. The van der Waals surface area contributed by atoms with Gasteiger partial charge in [-0.15, -0.1) is 0 Å². The van der Waals surface area contributed by atoms with Crippen molar-refractivity contribution in [1.29, 1.82) is 5.26 Å². The molecule has 17 heavy (non-hydrogen) atoms. The molecule has 0 radical (unpaired) electrons. The molecule has 0 saturated carbocycles. The lowest BCUT2D eigenvalue weighted by atomic mass is 10.3. The first-order chi connectivity index (χ1) is 8.31. The molecule has 5 heteroatoms. The van der Waals surface area contributed by atoms with E-state index in [1.54, 1.807) is 18.0 Å². The predicted molar refractivity (Wildman–Crippen MR) is 69.5 cm³/mol.